The molecule has 11 heteroatoms. The van der Waals surface area contributed by atoms with E-state index in [9.17, 15) is 28.2 Å². The van der Waals surface area contributed by atoms with E-state index in [1.54, 1.807) is 42.5 Å². The van der Waals surface area contributed by atoms with Gasteiger partial charge >= 0.3 is 12.3 Å². The monoisotopic (exact) mass is 535 g/mol. The molecule has 0 saturated carbocycles. The lowest BCUT2D eigenvalue weighted by atomic mass is 10.1. The minimum atomic E-state index is -4.82. The molecule has 0 spiro atoms. The number of halogens is 3. The molecule has 196 valence electrons. The van der Waals surface area contributed by atoms with Gasteiger partial charge in [-0.3, -0.25) is 5.32 Å². The number of hydrogen-bond donors (Lipinski definition) is 3. The molecule has 1 aliphatic heterocycles. The van der Waals surface area contributed by atoms with Gasteiger partial charge in [0.15, 0.2) is 11.7 Å². The first-order valence-electron chi connectivity index (χ1n) is 11.3. The highest BCUT2D eigenvalue weighted by molar-refractivity contribution is 8.00. The minimum Gasteiger partial charge on any atom is -0.489 e. The van der Waals surface area contributed by atoms with Crippen LogP contribution in [0.15, 0.2) is 78.9 Å². The molecule has 0 radical (unpaired) electrons. The Balaban J connectivity index is 1.43. The number of hydrogen-bond acceptors (Lipinski definition) is 8. The summed E-state index contributed by atoms with van der Waals surface area (Å²) in [6.45, 7) is -0.0926. The molecule has 1 heterocycles. The molecule has 3 N–H and O–H groups in total. The third-order valence-corrected chi connectivity index (χ3v) is 6.64. The van der Waals surface area contributed by atoms with Gasteiger partial charge in [-0.2, -0.15) is 0 Å². The van der Waals surface area contributed by atoms with Crippen LogP contribution in [0.25, 0.3) is 0 Å². The Morgan fingerprint density at radius 1 is 0.946 bits per heavy atom. The second-order valence-electron chi connectivity index (χ2n) is 8.17. The lowest BCUT2D eigenvalue weighted by Gasteiger charge is -2.20. The van der Waals surface area contributed by atoms with E-state index >= 15 is 0 Å². The van der Waals surface area contributed by atoms with Crippen molar-refractivity contribution in [3.63, 3.8) is 0 Å². The van der Waals surface area contributed by atoms with Crippen LogP contribution >= 0.6 is 11.8 Å². The number of esters is 1. The van der Waals surface area contributed by atoms with Gasteiger partial charge < -0.3 is 24.4 Å². The number of benzene rings is 3. The second kappa shape index (κ2) is 11.9. The maximum Gasteiger partial charge on any atom is 0.573 e. The molecule has 4 unspecified atom stereocenters. The Hall–Kier alpha value is -3.25. The second-order valence-corrected chi connectivity index (χ2v) is 9.50. The van der Waals surface area contributed by atoms with E-state index < -0.39 is 36.0 Å². The molecule has 7 nitrogen and oxygen atoms in total. The molecular weight excluding hydrogens is 511 g/mol. The number of carbonyl (C=O) groups is 1. The first-order chi connectivity index (χ1) is 17.7. The van der Waals surface area contributed by atoms with E-state index in [0.717, 1.165) is 17.7 Å². The number of carbonyl (C=O) groups excluding carboxylic acids is 1. The maximum atomic E-state index is 12.7. The molecule has 3 aromatic carbocycles. The van der Waals surface area contributed by atoms with Gasteiger partial charge in [-0.15, -0.1) is 24.9 Å². The van der Waals surface area contributed by atoms with Gasteiger partial charge in [-0.1, -0.05) is 42.5 Å². The van der Waals surface area contributed by atoms with Crippen molar-refractivity contribution in [1.29, 1.82) is 0 Å². The summed E-state index contributed by atoms with van der Waals surface area (Å²) in [5.41, 5.74) is 0.855. The van der Waals surface area contributed by atoms with Gasteiger partial charge in [0.2, 0.25) is 0 Å². The first kappa shape index (κ1) is 26.8. The van der Waals surface area contributed by atoms with Crippen molar-refractivity contribution in [3.05, 3.63) is 95.6 Å². The largest absolute Gasteiger partial charge is 0.573 e. The Kier molecular flexibility index (Phi) is 8.59. The minimum absolute atomic E-state index is 0.0926. The molecule has 1 saturated heterocycles. The normalized spacial score (nSPS) is 20.3. The fraction of sp³-hybridized carbons (Fsp3) is 0.269. The smallest absolute Gasteiger partial charge is 0.489 e. The van der Waals surface area contributed by atoms with Crippen LogP contribution in [0.5, 0.6) is 11.5 Å². The van der Waals surface area contributed by atoms with Crippen LogP contribution in [0.3, 0.4) is 0 Å². The molecular formula is C26H24F3NO6S. The predicted octanol–water partition coefficient (Wildman–Crippen LogP) is 4.40. The molecule has 4 rings (SSSR count). The molecule has 3 aromatic rings. The van der Waals surface area contributed by atoms with Crippen LogP contribution in [0.4, 0.5) is 13.2 Å². The molecule has 0 bridgehead atoms. The van der Waals surface area contributed by atoms with Gasteiger partial charge in [0.05, 0.1) is 10.8 Å². The van der Waals surface area contributed by atoms with E-state index in [4.69, 9.17) is 9.47 Å². The number of nitrogens with one attached hydrogen (secondary N) is 1. The maximum absolute atomic E-state index is 12.7. The van der Waals surface area contributed by atoms with E-state index in [2.05, 4.69) is 10.1 Å². The number of aliphatic hydroxyl groups is 2. The van der Waals surface area contributed by atoms with Crippen molar-refractivity contribution >= 4 is 17.7 Å². The standard InChI is InChI=1S/C26H24F3NO6S/c27-26(28,29)36-20-12-8-17(9-13-20)21(35-24(32)18-4-2-1-3-5-18)15-34-19-10-6-16(7-11-19)14-22-23(31)30-25(33)37-22/h1-13,21-23,25,30-31,33H,14-15H2. The molecule has 37 heavy (non-hydrogen) atoms. The molecule has 4 atom stereocenters. The van der Waals surface area contributed by atoms with Gasteiger partial charge in [-0.25, -0.2) is 4.79 Å². The molecule has 0 aliphatic carbocycles. The summed E-state index contributed by atoms with van der Waals surface area (Å²) in [5, 5.41) is 22.0. The fourth-order valence-corrected chi connectivity index (χ4v) is 4.74. The Morgan fingerprint density at radius 3 is 2.19 bits per heavy atom. The van der Waals surface area contributed by atoms with Crippen LogP contribution in [0.1, 0.15) is 27.6 Å². The molecule has 0 aromatic heterocycles. The highest BCUT2D eigenvalue weighted by Gasteiger charge is 2.32. The zero-order valence-corrected chi connectivity index (χ0v) is 20.1. The van der Waals surface area contributed by atoms with Crippen LogP contribution in [-0.4, -0.2) is 46.2 Å². The summed E-state index contributed by atoms with van der Waals surface area (Å²) < 4.78 is 52.9. The Labute approximate surface area is 215 Å². The summed E-state index contributed by atoms with van der Waals surface area (Å²) in [4.78, 5) is 12.7. The average Bonchev–Trinajstić information content (AvgIpc) is 3.18. The zero-order valence-electron chi connectivity index (χ0n) is 19.3. The summed E-state index contributed by atoms with van der Waals surface area (Å²) in [7, 11) is 0. The summed E-state index contributed by atoms with van der Waals surface area (Å²) >= 11 is 1.24. The molecule has 0 amide bonds. The van der Waals surface area contributed by atoms with Crippen LogP contribution in [0, 0.1) is 0 Å². The summed E-state index contributed by atoms with van der Waals surface area (Å²) in [6.07, 6.45) is -6.02. The number of thioether (sulfide) groups is 1. The fourth-order valence-electron chi connectivity index (χ4n) is 3.67. The van der Waals surface area contributed by atoms with Crippen molar-refractivity contribution in [2.24, 2.45) is 0 Å². The van der Waals surface area contributed by atoms with E-state index in [1.807, 2.05) is 12.1 Å². The first-order valence-corrected chi connectivity index (χ1v) is 12.2. The van der Waals surface area contributed by atoms with Gasteiger partial charge in [0.25, 0.3) is 0 Å². The van der Waals surface area contributed by atoms with Crippen molar-refractivity contribution in [1.82, 2.24) is 5.32 Å². The van der Waals surface area contributed by atoms with Crippen molar-refractivity contribution in [2.75, 3.05) is 6.61 Å². The van der Waals surface area contributed by atoms with E-state index in [-0.39, 0.29) is 11.9 Å². The van der Waals surface area contributed by atoms with E-state index in [1.165, 1.54) is 23.9 Å². The number of alkyl halides is 3. The summed E-state index contributed by atoms with van der Waals surface area (Å²) in [5.74, 6) is -0.517. The topological polar surface area (TPSA) is 97.3 Å². The summed E-state index contributed by atoms with van der Waals surface area (Å²) in [6, 6.07) is 20.4. The Bertz CT molecular complexity index is 1160. The van der Waals surface area contributed by atoms with Crippen LogP contribution < -0.4 is 14.8 Å². The predicted molar refractivity (Wildman–Crippen MR) is 130 cm³/mol. The molecule has 1 fully saturated rings. The quantitative estimate of drug-likeness (QED) is 0.347. The highest BCUT2D eigenvalue weighted by Crippen LogP contribution is 2.29. The SMILES string of the molecule is O=C(OC(COc1ccc(CC2SC(O)NC2O)cc1)c1ccc(OC(F)(F)F)cc1)c1ccccc1. The third-order valence-electron chi connectivity index (χ3n) is 5.48. The lowest BCUT2D eigenvalue weighted by molar-refractivity contribution is -0.274. The number of ether oxygens (including phenoxy) is 3. The average molecular weight is 536 g/mol. The van der Waals surface area contributed by atoms with Crippen molar-refractivity contribution < 1.29 is 42.4 Å². The number of aliphatic hydroxyl groups excluding tert-OH is 2. The van der Waals surface area contributed by atoms with E-state index in [0.29, 0.717) is 23.3 Å². The highest BCUT2D eigenvalue weighted by atomic mass is 32.2. The van der Waals surface area contributed by atoms with Crippen molar-refractivity contribution in [3.8, 4) is 11.5 Å². The zero-order chi connectivity index (χ0) is 26.4. The third kappa shape index (κ3) is 7.86. The Morgan fingerprint density at radius 2 is 1.59 bits per heavy atom. The lowest BCUT2D eigenvalue weighted by Crippen LogP contribution is -2.33. The van der Waals surface area contributed by atoms with Gasteiger partial charge in [-0.05, 0) is 53.9 Å². The van der Waals surface area contributed by atoms with Gasteiger partial charge in [0, 0.05) is 0 Å². The van der Waals surface area contributed by atoms with Crippen LogP contribution in [0.2, 0.25) is 0 Å². The van der Waals surface area contributed by atoms with Crippen molar-refractivity contribution in [2.45, 2.75) is 35.9 Å². The number of rotatable bonds is 9. The van der Waals surface area contributed by atoms with Crippen LogP contribution in [-0.2, 0) is 11.2 Å². The molecule has 1 aliphatic rings. The van der Waals surface area contributed by atoms with Gasteiger partial charge in [0.1, 0.15) is 24.3 Å².